The number of thioether (sulfide) groups is 1. The average molecular weight is 229 g/mol. The molecule has 1 aromatic carbocycles. The lowest BCUT2D eigenvalue weighted by atomic mass is 10.1. The van der Waals surface area contributed by atoms with Crippen LogP contribution in [0.4, 0.5) is 0 Å². The van der Waals surface area contributed by atoms with Crippen LogP contribution < -0.4 is 0 Å². The molecule has 0 atom stereocenters. The molecule has 0 N–H and O–H groups in total. The molecule has 0 aliphatic carbocycles. The molecule has 0 bridgehead atoms. The second-order valence-electron chi connectivity index (χ2n) is 4.17. The fourth-order valence-corrected chi connectivity index (χ4v) is 3.18. The fourth-order valence-electron chi connectivity index (χ4n) is 2.50. The van der Waals surface area contributed by atoms with Gasteiger partial charge in [0.2, 0.25) is 0 Å². The van der Waals surface area contributed by atoms with E-state index >= 15 is 0 Å². The summed E-state index contributed by atoms with van der Waals surface area (Å²) in [6, 6.07) is 13.1. The lowest BCUT2D eigenvalue weighted by molar-refractivity contribution is 0.752. The summed E-state index contributed by atoms with van der Waals surface area (Å²) >= 11 is 1.85. The second-order valence-corrected chi connectivity index (χ2v) is 5.02. The molecule has 0 radical (unpaired) electrons. The van der Waals surface area contributed by atoms with Crippen molar-refractivity contribution < 1.29 is 0 Å². The molecule has 1 aromatic heterocycles. The maximum absolute atomic E-state index is 2.49. The number of benzene rings is 1. The van der Waals surface area contributed by atoms with E-state index in [9.17, 15) is 0 Å². The van der Waals surface area contributed by atoms with E-state index in [1.807, 2.05) is 11.8 Å². The molecule has 0 saturated carbocycles. The normalized spacial score (nSPS) is 14.1. The predicted octanol–water partition coefficient (Wildman–Crippen LogP) is 3.82. The van der Waals surface area contributed by atoms with Gasteiger partial charge in [-0.05, 0) is 30.7 Å². The van der Waals surface area contributed by atoms with Crippen LogP contribution in [-0.4, -0.2) is 10.8 Å². The fraction of sp³-hybridized carbons (Fsp3) is 0.286. The van der Waals surface area contributed by atoms with Crippen LogP contribution in [0.15, 0.2) is 41.3 Å². The van der Waals surface area contributed by atoms with Crippen molar-refractivity contribution in [3.05, 3.63) is 42.1 Å². The zero-order valence-electron chi connectivity index (χ0n) is 9.44. The van der Waals surface area contributed by atoms with Gasteiger partial charge >= 0.3 is 0 Å². The molecule has 16 heavy (non-hydrogen) atoms. The molecule has 0 fully saturated rings. The smallest absolute Gasteiger partial charge is 0.0620 e. The summed E-state index contributed by atoms with van der Waals surface area (Å²) in [6.45, 7) is 1.18. The molecule has 2 heterocycles. The quantitative estimate of drug-likeness (QED) is 0.709. The molecule has 0 saturated heterocycles. The third-order valence-corrected chi connectivity index (χ3v) is 3.98. The summed E-state index contributed by atoms with van der Waals surface area (Å²) in [7, 11) is 0. The number of aryl methyl sites for hydroxylation is 1. The first kappa shape index (κ1) is 10.0. The van der Waals surface area contributed by atoms with Crippen LogP contribution in [0.1, 0.15) is 12.1 Å². The maximum Gasteiger partial charge on any atom is 0.0620 e. The van der Waals surface area contributed by atoms with Gasteiger partial charge in [-0.3, -0.25) is 0 Å². The first-order chi connectivity index (χ1) is 7.90. The number of hydrogen-bond acceptors (Lipinski definition) is 1. The van der Waals surface area contributed by atoms with Gasteiger partial charge in [0.1, 0.15) is 0 Å². The Labute approximate surface area is 100 Å². The minimum atomic E-state index is 1.18. The van der Waals surface area contributed by atoms with E-state index < -0.39 is 0 Å². The third kappa shape index (κ3) is 1.49. The van der Waals surface area contributed by atoms with Gasteiger partial charge in [-0.25, -0.2) is 0 Å². The Morgan fingerprint density at radius 1 is 1.19 bits per heavy atom. The van der Waals surface area contributed by atoms with Crippen molar-refractivity contribution in [2.24, 2.45) is 0 Å². The Balaban J connectivity index is 2.19. The lowest BCUT2D eigenvalue weighted by Crippen LogP contribution is -1.95. The van der Waals surface area contributed by atoms with Crippen molar-refractivity contribution in [2.75, 3.05) is 6.26 Å². The van der Waals surface area contributed by atoms with Crippen molar-refractivity contribution in [2.45, 2.75) is 24.3 Å². The maximum atomic E-state index is 2.49. The van der Waals surface area contributed by atoms with Gasteiger partial charge in [0.25, 0.3) is 0 Å². The molecular weight excluding hydrogens is 214 g/mol. The first-order valence-electron chi connectivity index (χ1n) is 5.72. The zero-order chi connectivity index (χ0) is 11.0. The van der Waals surface area contributed by atoms with E-state index in [0.29, 0.717) is 0 Å². The number of rotatable bonds is 2. The molecule has 1 aliphatic rings. The van der Waals surface area contributed by atoms with Crippen LogP contribution >= 0.6 is 11.8 Å². The van der Waals surface area contributed by atoms with E-state index in [2.05, 4.69) is 47.2 Å². The topological polar surface area (TPSA) is 4.93 Å². The minimum Gasteiger partial charge on any atom is -0.344 e. The van der Waals surface area contributed by atoms with Gasteiger partial charge in [0.05, 0.1) is 5.69 Å². The Hall–Kier alpha value is -1.15. The SMILES string of the molecule is CSc1cc2n(c1-c1ccccc1)CCC2. The van der Waals surface area contributed by atoms with Crippen molar-refractivity contribution in [3.8, 4) is 11.3 Å². The van der Waals surface area contributed by atoms with Gasteiger partial charge in [-0.2, -0.15) is 0 Å². The summed E-state index contributed by atoms with van der Waals surface area (Å²) in [5.74, 6) is 0. The molecule has 2 heteroatoms. The summed E-state index contributed by atoms with van der Waals surface area (Å²) in [4.78, 5) is 1.42. The number of fused-ring (bicyclic) bond motifs is 1. The van der Waals surface area contributed by atoms with E-state index in [1.165, 1.54) is 41.2 Å². The second kappa shape index (κ2) is 4.02. The van der Waals surface area contributed by atoms with Crippen LogP contribution in [0.5, 0.6) is 0 Å². The molecule has 0 amide bonds. The van der Waals surface area contributed by atoms with E-state index in [1.54, 1.807) is 0 Å². The molecule has 82 valence electrons. The standard InChI is InChI=1S/C14H15NS/c1-16-13-10-12-8-5-9-15(12)14(13)11-6-3-2-4-7-11/h2-4,6-7,10H,5,8-9H2,1H3. The Kier molecular flexibility index (Phi) is 2.52. The summed E-state index contributed by atoms with van der Waals surface area (Å²) in [6.07, 6.45) is 4.70. The Morgan fingerprint density at radius 2 is 2.00 bits per heavy atom. The van der Waals surface area contributed by atoms with Crippen LogP contribution in [0.25, 0.3) is 11.3 Å². The Morgan fingerprint density at radius 3 is 2.75 bits per heavy atom. The van der Waals surface area contributed by atoms with E-state index in [4.69, 9.17) is 0 Å². The van der Waals surface area contributed by atoms with Crippen LogP contribution in [-0.2, 0) is 13.0 Å². The summed E-state index contributed by atoms with van der Waals surface area (Å²) < 4.78 is 2.49. The molecule has 0 unspecified atom stereocenters. The molecule has 0 spiro atoms. The van der Waals surface area contributed by atoms with Gasteiger partial charge in [0.15, 0.2) is 0 Å². The largest absolute Gasteiger partial charge is 0.344 e. The van der Waals surface area contributed by atoms with Crippen molar-refractivity contribution in [1.82, 2.24) is 4.57 Å². The van der Waals surface area contributed by atoms with Crippen LogP contribution in [0.2, 0.25) is 0 Å². The van der Waals surface area contributed by atoms with E-state index in [-0.39, 0.29) is 0 Å². The van der Waals surface area contributed by atoms with Gasteiger partial charge in [-0.1, -0.05) is 30.3 Å². The van der Waals surface area contributed by atoms with Gasteiger partial charge in [0, 0.05) is 17.1 Å². The molecule has 3 rings (SSSR count). The van der Waals surface area contributed by atoms with Crippen molar-refractivity contribution in [3.63, 3.8) is 0 Å². The number of nitrogens with zero attached hydrogens (tertiary/aromatic N) is 1. The summed E-state index contributed by atoms with van der Waals surface area (Å²) in [5, 5.41) is 0. The monoisotopic (exact) mass is 229 g/mol. The van der Waals surface area contributed by atoms with E-state index in [0.717, 1.165) is 0 Å². The highest BCUT2D eigenvalue weighted by Gasteiger charge is 2.19. The molecular formula is C14H15NS. The number of hydrogen-bond donors (Lipinski definition) is 0. The zero-order valence-corrected chi connectivity index (χ0v) is 10.3. The van der Waals surface area contributed by atoms with Crippen molar-refractivity contribution >= 4 is 11.8 Å². The third-order valence-electron chi connectivity index (χ3n) is 3.23. The van der Waals surface area contributed by atoms with Crippen LogP contribution in [0.3, 0.4) is 0 Å². The van der Waals surface area contributed by atoms with Gasteiger partial charge < -0.3 is 4.57 Å². The molecule has 1 aliphatic heterocycles. The minimum absolute atomic E-state index is 1.18. The molecule has 1 nitrogen and oxygen atoms in total. The van der Waals surface area contributed by atoms with Gasteiger partial charge in [-0.15, -0.1) is 11.8 Å². The number of aromatic nitrogens is 1. The first-order valence-corrected chi connectivity index (χ1v) is 6.94. The summed E-state index contributed by atoms with van der Waals surface area (Å²) in [5.41, 5.74) is 4.27. The highest BCUT2D eigenvalue weighted by Crippen LogP contribution is 2.36. The highest BCUT2D eigenvalue weighted by atomic mass is 32.2. The average Bonchev–Trinajstić information content (AvgIpc) is 2.89. The van der Waals surface area contributed by atoms with Crippen molar-refractivity contribution in [1.29, 1.82) is 0 Å². The lowest BCUT2D eigenvalue weighted by Gasteiger charge is -2.08. The Bertz CT molecular complexity index is 499. The predicted molar refractivity (Wildman–Crippen MR) is 70.0 cm³/mol. The van der Waals surface area contributed by atoms with Crippen LogP contribution in [0, 0.1) is 0 Å². The molecule has 2 aromatic rings. The highest BCUT2D eigenvalue weighted by molar-refractivity contribution is 7.98.